The van der Waals surface area contributed by atoms with Crippen LogP contribution in [0.25, 0.3) is 0 Å². The Kier molecular flexibility index (Phi) is 5.84. The van der Waals surface area contributed by atoms with E-state index < -0.39 is 6.09 Å². The summed E-state index contributed by atoms with van der Waals surface area (Å²) in [7, 11) is 1.53. The third-order valence-electron chi connectivity index (χ3n) is 1.31. The zero-order valence-corrected chi connectivity index (χ0v) is 8.04. The molecule has 4 nitrogen and oxygen atoms in total. The van der Waals surface area contributed by atoms with E-state index in [2.05, 4.69) is 0 Å². The molecule has 0 rings (SSSR count). The fraction of sp³-hybridized carbons (Fsp3) is 0.857. The minimum absolute atomic E-state index is 0.169. The quantitative estimate of drug-likeness (QED) is 0.672. The standard InChI is InChI=1S/C7H14ClNO3/c1-6(8)5-9(7(10)11)3-4-12-2/h6H,3-5H2,1-2H3,(H,10,11). The van der Waals surface area contributed by atoms with Gasteiger partial charge in [-0.3, -0.25) is 0 Å². The topological polar surface area (TPSA) is 49.8 Å². The van der Waals surface area contributed by atoms with Crippen molar-refractivity contribution >= 4 is 17.7 Å². The largest absolute Gasteiger partial charge is 0.465 e. The summed E-state index contributed by atoms with van der Waals surface area (Å²) in [5.74, 6) is 0. The van der Waals surface area contributed by atoms with Crippen molar-refractivity contribution in [2.75, 3.05) is 26.8 Å². The first-order chi connectivity index (χ1) is 5.57. The highest BCUT2D eigenvalue weighted by atomic mass is 35.5. The molecule has 1 unspecified atom stereocenters. The second-order valence-corrected chi connectivity index (χ2v) is 3.25. The molecule has 1 amide bonds. The van der Waals surface area contributed by atoms with Crippen molar-refractivity contribution in [2.24, 2.45) is 0 Å². The fourth-order valence-electron chi connectivity index (χ4n) is 0.770. The van der Waals surface area contributed by atoms with Gasteiger partial charge in [0.25, 0.3) is 0 Å². The molecule has 0 spiro atoms. The molecule has 0 bridgehead atoms. The van der Waals surface area contributed by atoms with Gasteiger partial charge in [0, 0.05) is 25.6 Å². The van der Waals surface area contributed by atoms with Gasteiger partial charge in [0.1, 0.15) is 0 Å². The number of amides is 1. The summed E-state index contributed by atoms with van der Waals surface area (Å²) in [4.78, 5) is 11.8. The van der Waals surface area contributed by atoms with Gasteiger partial charge in [0.15, 0.2) is 0 Å². The lowest BCUT2D eigenvalue weighted by molar-refractivity contribution is 0.119. The maximum absolute atomic E-state index is 10.6. The van der Waals surface area contributed by atoms with Crippen LogP contribution in [0.4, 0.5) is 4.79 Å². The minimum atomic E-state index is -0.959. The number of halogens is 1. The van der Waals surface area contributed by atoms with Gasteiger partial charge in [-0.25, -0.2) is 4.79 Å². The Morgan fingerprint density at radius 3 is 2.67 bits per heavy atom. The molecule has 0 aromatic heterocycles. The van der Waals surface area contributed by atoms with Gasteiger partial charge in [-0.15, -0.1) is 11.6 Å². The third kappa shape index (κ3) is 5.21. The Balaban J connectivity index is 3.78. The highest BCUT2D eigenvalue weighted by Gasteiger charge is 2.12. The molecule has 0 saturated heterocycles. The first-order valence-electron chi connectivity index (χ1n) is 3.68. The van der Waals surface area contributed by atoms with Gasteiger partial charge < -0.3 is 14.7 Å². The number of hydrogen-bond acceptors (Lipinski definition) is 2. The summed E-state index contributed by atoms with van der Waals surface area (Å²) < 4.78 is 4.76. The number of rotatable bonds is 5. The van der Waals surface area contributed by atoms with Crippen LogP contribution in [0.1, 0.15) is 6.92 Å². The smallest absolute Gasteiger partial charge is 0.407 e. The van der Waals surface area contributed by atoms with Crippen LogP contribution in [-0.2, 0) is 4.74 Å². The van der Waals surface area contributed by atoms with Crippen LogP contribution in [0.15, 0.2) is 0 Å². The molecule has 0 aliphatic heterocycles. The number of nitrogens with zero attached hydrogens (tertiary/aromatic N) is 1. The number of hydrogen-bond donors (Lipinski definition) is 1. The van der Waals surface area contributed by atoms with Crippen molar-refractivity contribution in [1.82, 2.24) is 4.90 Å². The first-order valence-corrected chi connectivity index (χ1v) is 4.12. The molecule has 0 aromatic carbocycles. The molecule has 0 aliphatic rings. The van der Waals surface area contributed by atoms with Crippen molar-refractivity contribution in [3.63, 3.8) is 0 Å². The van der Waals surface area contributed by atoms with Gasteiger partial charge in [-0.2, -0.15) is 0 Å². The van der Waals surface area contributed by atoms with E-state index in [-0.39, 0.29) is 5.38 Å². The molecule has 1 atom stereocenters. The van der Waals surface area contributed by atoms with Gasteiger partial charge in [-0.05, 0) is 6.92 Å². The third-order valence-corrected chi connectivity index (χ3v) is 1.45. The minimum Gasteiger partial charge on any atom is -0.465 e. The molecule has 0 saturated carbocycles. The number of methoxy groups -OCH3 is 1. The number of carbonyl (C=O) groups is 1. The van der Waals surface area contributed by atoms with Crippen molar-refractivity contribution < 1.29 is 14.6 Å². The van der Waals surface area contributed by atoms with E-state index in [0.717, 1.165) is 0 Å². The molecule has 5 heteroatoms. The fourth-order valence-corrected chi connectivity index (χ4v) is 0.937. The average Bonchev–Trinajstić information content (AvgIpc) is 1.96. The van der Waals surface area contributed by atoms with Crippen LogP contribution in [0.3, 0.4) is 0 Å². The van der Waals surface area contributed by atoms with E-state index >= 15 is 0 Å². The van der Waals surface area contributed by atoms with Crippen molar-refractivity contribution in [2.45, 2.75) is 12.3 Å². The number of ether oxygens (including phenoxy) is 1. The van der Waals surface area contributed by atoms with E-state index in [1.54, 1.807) is 6.92 Å². The van der Waals surface area contributed by atoms with Gasteiger partial charge in [0.05, 0.1) is 6.61 Å². The maximum Gasteiger partial charge on any atom is 0.407 e. The monoisotopic (exact) mass is 195 g/mol. The maximum atomic E-state index is 10.6. The molecular formula is C7H14ClNO3. The Morgan fingerprint density at radius 2 is 2.33 bits per heavy atom. The van der Waals surface area contributed by atoms with Crippen LogP contribution >= 0.6 is 11.6 Å². The normalized spacial score (nSPS) is 12.6. The molecule has 0 heterocycles. The zero-order chi connectivity index (χ0) is 9.56. The number of carboxylic acid groups (broad SMARTS) is 1. The van der Waals surface area contributed by atoms with E-state index in [1.807, 2.05) is 0 Å². The molecule has 12 heavy (non-hydrogen) atoms. The van der Waals surface area contributed by atoms with E-state index in [4.69, 9.17) is 21.4 Å². The highest BCUT2D eigenvalue weighted by Crippen LogP contribution is 1.99. The van der Waals surface area contributed by atoms with Crippen LogP contribution < -0.4 is 0 Å². The summed E-state index contributed by atoms with van der Waals surface area (Å²) in [6.45, 7) is 2.85. The van der Waals surface area contributed by atoms with Crippen LogP contribution in [-0.4, -0.2) is 48.3 Å². The molecule has 0 aromatic rings. The van der Waals surface area contributed by atoms with Crippen LogP contribution in [0.5, 0.6) is 0 Å². The van der Waals surface area contributed by atoms with Crippen molar-refractivity contribution in [1.29, 1.82) is 0 Å². The first kappa shape index (κ1) is 11.5. The van der Waals surface area contributed by atoms with E-state index in [9.17, 15) is 4.79 Å². The lowest BCUT2D eigenvalue weighted by atomic mass is 10.4. The van der Waals surface area contributed by atoms with Gasteiger partial charge >= 0.3 is 6.09 Å². The summed E-state index contributed by atoms with van der Waals surface area (Å²) in [6.07, 6.45) is -0.959. The Morgan fingerprint density at radius 1 is 1.75 bits per heavy atom. The molecule has 0 radical (unpaired) electrons. The van der Waals surface area contributed by atoms with Crippen molar-refractivity contribution in [3.8, 4) is 0 Å². The molecular weight excluding hydrogens is 182 g/mol. The van der Waals surface area contributed by atoms with E-state index in [1.165, 1.54) is 12.0 Å². The highest BCUT2D eigenvalue weighted by molar-refractivity contribution is 6.20. The van der Waals surface area contributed by atoms with Gasteiger partial charge in [-0.1, -0.05) is 0 Å². The second kappa shape index (κ2) is 6.08. The second-order valence-electron chi connectivity index (χ2n) is 2.50. The van der Waals surface area contributed by atoms with Crippen LogP contribution in [0, 0.1) is 0 Å². The molecule has 0 fully saturated rings. The van der Waals surface area contributed by atoms with Gasteiger partial charge in [0.2, 0.25) is 0 Å². The lowest BCUT2D eigenvalue weighted by Gasteiger charge is -2.19. The SMILES string of the molecule is COCCN(CC(C)Cl)C(=O)O. The molecule has 72 valence electrons. The Labute approximate surface area is 77.1 Å². The molecule has 0 aliphatic carbocycles. The Hall–Kier alpha value is -0.480. The van der Waals surface area contributed by atoms with E-state index in [0.29, 0.717) is 19.7 Å². The van der Waals surface area contributed by atoms with Crippen molar-refractivity contribution in [3.05, 3.63) is 0 Å². The Bertz CT molecular complexity index is 141. The zero-order valence-electron chi connectivity index (χ0n) is 7.29. The predicted molar refractivity (Wildman–Crippen MR) is 46.8 cm³/mol. The molecule has 1 N–H and O–H groups in total. The predicted octanol–water partition coefficient (Wildman–Crippen LogP) is 1.24. The number of alkyl halides is 1. The van der Waals surface area contributed by atoms with Crippen LogP contribution in [0.2, 0.25) is 0 Å². The lowest BCUT2D eigenvalue weighted by Crippen LogP contribution is -2.36. The summed E-state index contributed by atoms with van der Waals surface area (Å²) >= 11 is 5.65. The summed E-state index contributed by atoms with van der Waals surface area (Å²) in [5.41, 5.74) is 0. The summed E-state index contributed by atoms with van der Waals surface area (Å²) in [6, 6.07) is 0. The average molecular weight is 196 g/mol. The summed E-state index contributed by atoms with van der Waals surface area (Å²) in [5, 5.41) is 8.49.